The van der Waals surface area contributed by atoms with Crippen LogP contribution in [-0.4, -0.2) is 11.3 Å². The van der Waals surface area contributed by atoms with E-state index in [-0.39, 0.29) is 5.75 Å². The van der Waals surface area contributed by atoms with Crippen LogP contribution in [0, 0.1) is 11.3 Å². The summed E-state index contributed by atoms with van der Waals surface area (Å²) in [6, 6.07) is 13.8. The van der Waals surface area contributed by atoms with Crippen LogP contribution >= 0.6 is 11.3 Å². The molecule has 0 amide bonds. The number of phenolic OH excluding ortho intramolecular Hbond substituents is 1. The molecule has 1 aromatic heterocycles. The smallest absolute Gasteiger partial charge is 0.134 e. The summed E-state index contributed by atoms with van der Waals surface area (Å²) in [5, 5.41) is 22.4. The Balaban J connectivity index is 1.82. The monoisotopic (exact) mass is 318 g/mol. The summed E-state index contributed by atoms with van der Waals surface area (Å²) in [7, 11) is 0. The number of benzene rings is 2. The predicted molar refractivity (Wildman–Crippen MR) is 93.9 cm³/mol. The largest absolute Gasteiger partial charge is 0.507 e. The van der Waals surface area contributed by atoms with E-state index in [4.69, 9.17) is 0 Å². The molecule has 1 aliphatic carbocycles. The highest BCUT2D eigenvalue weighted by Gasteiger charge is 2.21. The highest BCUT2D eigenvalue weighted by molar-refractivity contribution is 7.16. The van der Waals surface area contributed by atoms with Crippen LogP contribution in [-0.2, 0) is 12.8 Å². The van der Waals surface area contributed by atoms with Crippen LogP contribution in [0.3, 0.4) is 0 Å². The fourth-order valence-corrected chi connectivity index (χ4v) is 4.32. The summed E-state index contributed by atoms with van der Waals surface area (Å²) in [6.07, 6.45) is 4.83. The van der Waals surface area contributed by atoms with Gasteiger partial charge in [-0.25, -0.2) is 4.99 Å². The molecule has 0 radical (unpaired) electrons. The highest BCUT2D eigenvalue weighted by atomic mass is 32.1. The van der Waals surface area contributed by atoms with Crippen molar-refractivity contribution in [1.29, 1.82) is 5.26 Å². The number of rotatable bonds is 2. The van der Waals surface area contributed by atoms with Crippen molar-refractivity contribution in [3.63, 3.8) is 0 Å². The Bertz CT molecular complexity index is 979. The van der Waals surface area contributed by atoms with Gasteiger partial charge in [-0.05, 0) is 41.7 Å². The van der Waals surface area contributed by atoms with E-state index in [0.29, 0.717) is 11.1 Å². The van der Waals surface area contributed by atoms with Crippen molar-refractivity contribution in [3.05, 3.63) is 58.0 Å². The Morgan fingerprint density at radius 1 is 1.17 bits per heavy atom. The average Bonchev–Trinajstić information content (AvgIpc) is 3.14. The average molecular weight is 318 g/mol. The first kappa shape index (κ1) is 14.0. The Labute approximate surface area is 138 Å². The minimum absolute atomic E-state index is 0.204. The van der Waals surface area contributed by atoms with Gasteiger partial charge in [-0.2, -0.15) is 5.26 Å². The van der Waals surface area contributed by atoms with Gasteiger partial charge in [0.2, 0.25) is 0 Å². The SMILES string of the molecule is N#Cc1c(N=Cc2c(O)ccc3ccccc23)sc2c1CCC2. The molecule has 0 fully saturated rings. The highest BCUT2D eigenvalue weighted by Crippen LogP contribution is 2.40. The zero-order valence-corrected chi connectivity index (χ0v) is 13.2. The van der Waals surface area contributed by atoms with Gasteiger partial charge in [0, 0.05) is 16.7 Å². The van der Waals surface area contributed by atoms with E-state index < -0.39 is 0 Å². The van der Waals surface area contributed by atoms with Crippen molar-refractivity contribution >= 4 is 33.3 Å². The van der Waals surface area contributed by atoms with Gasteiger partial charge >= 0.3 is 0 Å². The lowest BCUT2D eigenvalue weighted by Gasteiger charge is -2.04. The van der Waals surface area contributed by atoms with Gasteiger partial charge in [0.15, 0.2) is 0 Å². The molecule has 3 nitrogen and oxygen atoms in total. The number of nitriles is 1. The number of aromatic hydroxyl groups is 1. The number of nitrogens with zero attached hydrogens (tertiary/aromatic N) is 2. The Kier molecular flexibility index (Phi) is 3.36. The lowest BCUT2D eigenvalue weighted by Crippen LogP contribution is -1.86. The number of aryl methyl sites for hydroxylation is 1. The predicted octanol–water partition coefficient (Wildman–Crippen LogP) is 4.72. The molecule has 1 aliphatic rings. The summed E-state index contributed by atoms with van der Waals surface area (Å²) in [6.45, 7) is 0. The fourth-order valence-electron chi connectivity index (χ4n) is 3.14. The van der Waals surface area contributed by atoms with Crippen LogP contribution in [0.25, 0.3) is 10.8 Å². The Morgan fingerprint density at radius 2 is 2.04 bits per heavy atom. The third kappa shape index (κ3) is 2.30. The molecular weight excluding hydrogens is 304 g/mol. The van der Waals surface area contributed by atoms with E-state index in [1.807, 2.05) is 30.3 Å². The van der Waals surface area contributed by atoms with Crippen LogP contribution in [0.2, 0.25) is 0 Å². The second-order valence-corrected chi connectivity index (χ2v) is 6.71. The number of phenols is 1. The summed E-state index contributed by atoms with van der Waals surface area (Å²) < 4.78 is 0. The second-order valence-electron chi connectivity index (χ2n) is 5.63. The molecule has 1 heterocycles. The molecule has 0 spiro atoms. The zero-order chi connectivity index (χ0) is 15.8. The van der Waals surface area contributed by atoms with E-state index in [0.717, 1.165) is 35.0 Å². The first-order valence-corrected chi connectivity index (χ1v) is 8.39. The lowest BCUT2D eigenvalue weighted by atomic mass is 10.0. The first-order chi connectivity index (χ1) is 11.3. The minimum atomic E-state index is 0.204. The molecule has 0 unspecified atom stereocenters. The zero-order valence-electron chi connectivity index (χ0n) is 12.4. The Hall–Kier alpha value is -2.64. The van der Waals surface area contributed by atoms with E-state index in [2.05, 4.69) is 11.1 Å². The lowest BCUT2D eigenvalue weighted by molar-refractivity contribution is 0.475. The normalized spacial score (nSPS) is 13.5. The molecule has 1 N–H and O–H groups in total. The fraction of sp³-hybridized carbons (Fsp3) is 0.158. The molecule has 0 saturated carbocycles. The molecule has 0 atom stereocenters. The van der Waals surface area contributed by atoms with Crippen molar-refractivity contribution in [2.75, 3.05) is 0 Å². The first-order valence-electron chi connectivity index (χ1n) is 7.57. The van der Waals surface area contributed by atoms with E-state index in [1.165, 1.54) is 10.4 Å². The quantitative estimate of drug-likeness (QED) is 0.695. The van der Waals surface area contributed by atoms with Crippen molar-refractivity contribution in [3.8, 4) is 11.8 Å². The molecular formula is C19H14N2OS. The molecule has 3 aromatic rings. The van der Waals surface area contributed by atoms with Gasteiger partial charge in [-0.3, -0.25) is 0 Å². The van der Waals surface area contributed by atoms with Crippen LogP contribution in [0.15, 0.2) is 41.4 Å². The minimum Gasteiger partial charge on any atom is -0.507 e. The molecule has 4 heteroatoms. The number of hydrogen-bond donors (Lipinski definition) is 1. The van der Waals surface area contributed by atoms with Gasteiger partial charge in [-0.1, -0.05) is 30.3 Å². The van der Waals surface area contributed by atoms with Crippen LogP contribution in [0.5, 0.6) is 5.75 Å². The summed E-state index contributed by atoms with van der Waals surface area (Å²) in [5.41, 5.74) is 2.57. The number of fused-ring (bicyclic) bond motifs is 2. The van der Waals surface area contributed by atoms with Crippen LogP contribution < -0.4 is 0 Å². The van der Waals surface area contributed by atoms with E-state index in [9.17, 15) is 10.4 Å². The third-order valence-corrected chi connectivity index (χ3v) is 5.47. The summed E-state index contributed by atoms with van der Waals surface area (Å²) in [4.78, 5) is 5.82. The summed E-state index contributed by atoms with van der Waals surface area (Å²) >= 11 is 1.60. The maximum atomic E-state index is 10.2. The van der Waals surface area contributed by atoms with Gasteiger partial charge in [-0.15, -0.1) is 11.3 Å². The van der Waals surface area contributed by atoms with Crippen molar-refractivity contribution in [2.24, 2.45) is 4.99 Å². The van der Waals surface area contributed by atoms with Crippen LogP contribution in [0.1, 0.15) is 28.0 Å². The van der Waals surface area contributed by atoms with E-state index in [1.54, 1.807) is 23.6 Å². The van der Waals surface area contributed by atoms with Crippen LogP contribution in [0.4, 0.5) is 5.00 Å². The van der Waals surface area contributed by atoms with Gasteiger partial charge < -0.3 is 5.11 Å². The number of thiophene rings is 1. The van der Waals surface area contributed by atoms with Gasteiger partial charge in [0.25, 0.3) is 0 Å². The van der Waals surface area contributed by atoms with E-state index >= 15 is 0 Å². The molecule has 4 rings (SSSR count). The van der Waals surface area contributed by atoms with Gasteiger partial charge in [0.05, 0.1) is 5.56 Å². The van der Waals surface area contributed by atoms with Crippen molar-refractivity contribution < 1.29 is 5.11 Å². The third-order valence-electron chi connectivity index (χ3n) is 4.27. The topological polar surface area (TPSA) is 56.4 Å². The molecule has 0 saturated heterocycles. The van der Waals surface area contributed by atoms with Crippen molar-refractivity contribution in [2.45, 2.75) is 19.3 Å². The molecule has 0 bridgehead atoms. The standard InChI is InChI=1S/C19H14N2OS/c20-10-15-14-6-3-7-18(14)23-19(15)21-11-16-13-5-2-1-4-12(13)8-9-17(16)22/h1-2,4-5,8-9,11,22H,3,6-7H2. The van der Waals surface area contributed by atoms with Gasteiger partial charge in [0.1, 0.15) is 16.8 Å². The molecule has 2 aromatic carbocycles. The molecule has 23 heavy (non-hydrogen) atoms. The second kappa shape index (κ2) is 5.53. The summed E-state index contributed by atoms with van der Waals surface area (Å²) in [5.74, 6) is 0.204. The molecule has 0 aliphatic heterocycles. The van der Waals surface area contributed by atoms with Crippen molar-refractivity contribution in [1.82, 2.24) is 0 Å². The maximum absolute atomic E-state index is 10.2. The molecule has 112 valence electrons. The Morgan fingerprint density at radius 3 is 2.91 bits per heavy atom. The maximum Gasteiger partial charge on any atom is 0.134 e. The number of hydrogen-bond acceptors (Lipinski definition) is 4. The number of aliphatic imine (C=N–C) groups is 1.